The molecule has 16 rings (SSSR count). The molecule has 0 radical (unpaired) electrons. The molecule has 6 nitrogen and oxygen atoms in total. The summed E-state index contributed by atoms with van der Waals surface area (Å²) >= 11 is 1.82. The largest absolute Gasteiger partial charge is 0.456 e. The highest BCUT2D eigenvalue weighted by Gasteiger charge is 2.29. The first kappa shape index (κ1) is 39.5. The zero-order chi connectivity index (χ0) is 47.0. The highest BCUT2D eigenvalue weighted by atomic mass is 32.1. The molecule has 0 spiro atoms. The minimum absolute atomic E-state index is 0.494. The van der Waals surface area contributed by atoms with Gasteiger partial charge in [-0.15, -0.1) is 11.3 Å². The molecule has 336 valence electrons. The predicted molar refractivity (Wildman–Crippen MR) is 302 cm³/mol. The van der Waals surface area contributed by atoms with Crippen LogP contribution in [0.5, 0.6) is 0 Å². The van der Waals surface area contributed by atoms with E-state index in [1.165, 1.54) is 47.1 Å². The topological polar surface area (TPSA) is 59.8 Å². The second kappa shape index (κ2) is 15.1. The molecule has 0 saturated heterocycles. The van der Waals surface area contributed by atoms with Gasteiger partial charge in [0.05, 0.1) is 27.8 Å². The lowest BCUT2D eigenvalue weighted by Crippen LogP contribution is -2.34. The van der Waals surface area contributed by atoms with Crippen molar-refractivity contribution in [2.45, 2.75) is 6.17 Å². The first-order valence-electron chi connectivity index (χ1n) is 24.4. The Kier molecular flexibility index (Phi) is 8.29. The van der Waals surface area contributed by atoms with E-state index in [4.69, 9.17) is 14.4 Å². The van der Waals surface area contributed by atoms with Crippen LogP contribution in [0, 0.1) is 0 Å². The lowest BCUT2D eigenvalue weighted by atomic mass is 10.00. The molecule has 1 unspecified atom stereocenters. The molecule has 0 saturated carbocycles. The Hall–Kier alpha value is -9.30. The summed E-state index contributed by atoms with van der Waals surface area (Å²) in [6.07, 6.45) is -0.494. The number of aliphatic imine (C=N–C) groups is 2. The van der Waals surface area contributed by atoms with Gasteiger partial charge < -0.3 is 18.9 Å². The van der Waals surface area contributed by atoms with Crippen LogP contribution in [0.2, 0.25) is 0 Å². The smallest absolute Gasteiger partial charge is 0.161 e. The summed E-state index contributed by atoms with van der Waals surface area (Å²) < 4.78 is 14.3. The van der Waals surface area contributed by atoms with E-state index in [-0.39, 0.29) is 0 Å². The molecule has 1 N–H and O–H groups in total. The number of aromatic nitrogens is 2. The van der Waals surface area contributed by atoms with Crippen molar-refractivity contribution >= 4 is 130 Å². The zero-order valence-electron chi connectivity index (χ0n) is 38.5. The number of hydrogen-bond acceptors (Lipinski definition) is 5. The summed E-state index contributed by atoms with van der Waals surface area (Å²) in [6.45, 7) is 0. The summed E-state index contributed by atoms with van der Waals surface area (Å²) in [4.78, 5) is 11.5. The van der Waals surface area contributed by atoms with Gasteiger partial charge in [-0.2, -0.15) is 0 Å². The Balaban J connectivity index is 1.02. The van der Waals surface area contributed by atoms with Gasteiger partial charge in [-0.25, -0.2) is 9.98 Å². The van der Waals surface area contributed by atoms with Crippen LogP contribution in [-0.2, 0) is 0 Å². The van der Waals surface area contributed by atoms with Crippen LogP contribution < -0.4 is 5.32 Å². The zero-order valence-corrected chi connectivity index (χ0v) is 39.4. The Labute approximate surface area is 415 Å². The van der Waals surface area contributed by atoms with Crippen molar-refractivity contribution in [2.75, 3.05) is 0 Å². The Bertz CT molecular complexity index is 4860. The summed E-state index contributed by atoms with van der Waals surface area (Å²) in [5.41, 5.74) is 11.1. The highest BCUT2D eigenvalue weighted by Crippen LogP contribution is 2.43. The third kappa shape index (κ3) is 5.77. The van der Waals surface area contributed by atoms with Crippen molar-refractivity contribution < 1.29 is 4.42 Å². The van der Waals surface area contributed by atoms with Crippen LogP contribution in [0.15, 0.2) is 239 Å². The Morgan fingerprint density at radius 2 is 1.06 bits per heavy atom. The fourth-order valence-corrected chi connectivity index (χ4v) is 13.0. The highest BCUT2D eigenvalue weighted by molar-refractivity contribution is 7.26. The molecule has 1 atom stereocenters. The molecule has 4 aromatic heterocycles. The maximum absolute atomic E-state index is 7.07. The van der Waals surface area contributed by atoms with Gasteiger partial charge in [-0.3, -0.25) is 0 Å². The summed E-state index contributed by atoms with van der Waals surface area (Å²) in [7, 11) is 0. The van der Waals surface area contributed by atoms with Crippen LogP contribution in [-0.4, -0.2) is 20.8 Å². The molecule has 1 aliphatic rings. The van der Waals surface area contributed by atoms with E-state index in [1.54, 1.807) is 0 Å². The monoisotopic (exact) mass is 937 g/mol. The molecule has 15 aromatic rings. The average molecular weight is 938 g/mol. The number of rotatable bonds is 5. The van der Waals surface area contributed by atoms with Gasteiger partial charge in [0.1, 0.15) is 23.2 Å². The Morgan fingerprint density at radius 1 is 0.431 bits per heavy atom. The number of hydrogen-bond donors (Lipinski definition) is 1. The number of thiophene rings is 1. The Morgan fingerprint density at radius 3 is 1.86 bits per heavy atom. The van der Waals surface area contributed by atoms with Crippen LogP contribution in [0.25, 0.3) is 119 Å². The lowest BCUT2D eigenvalue weighted by molar-refractivity contribution is 0.668. The standard InChI is InChI=1S/C65H39N5OS/c1-2-20-42(21-3-1)70-55-30-12-8-22-44(55)47-25-14-27-49(61(47)70)63-66-64(50-28-15-26-48-46-24-10-13-31-59(46)72-62(48)50)68-65(67-63)53-36-43(37-58-60(53)52-33-39-17-5-7-19-41(39)35-57(52)71-58)69-54-29-11-9-23-45(54)51-32-38-16-4-6-18-40(38)34-56(51)69/h1-37,64H,(H,66,67,68). The van der Waals surface area contributed by atoms with Gasteiger partial charge in [0.15, 0.2) is 5.84 Å². The van der Waals surface area contributed by atoms with Crippen LogP contribution in [0.3, 0.4) is 0 Å². The van der Waals surface area contributed by atoms with Crippen molar-refractivity contribution in [1.82, 2.24) is 14.5 Å². The van der Waals surface area contributed by atoms with Crippen molar-refractivity contribution in [3.05, 3.63) is 241 Å². The number of fused-ring (bicyclic) bond motifs is 14. The van der Waals surface area contributed by atoms with Crippen molar-refractivity contribution in [1.29, 1.82) is 0 Å². The van der Waals surface area contributed by atoms with Gasteiger partial charge >= 0.3 is 0 Å². The third-order valence-electron chi connectivity index (χ3n) is 14.9. The number of nitrogens with one attached hydrogen (secondary N) is 1. The van der Waals surface area contributed by atoms with Crippen molar-refractivity contribution in [3.63, 3.8) is 0 Å². The van der Waals surface area contributed by atoms with Gasteiger partial charge in [0.2, 0.25) is 0 Å². The molecule has 7 heteroatoms. The molecule has 5 heterocycles. The first-order chi connectivity index (χ1) is 35.7. The van der Waals surface area contributed by atoms with E-state index in [1.807, 2.05) is 11.3 Å². The minimum atomic E-state index is -0.494. The molecule has 0 bridgehead atoms. The van der Waals surface area contributed by atoms with Crippen molar-refractivity contribution in [3.8, 4) is 11.4 Å². The SMILES string of the molecule is c1ccc(-n2c3ccccc3c3cccc(C4=NC(c5cccc6c5sc5ccccc56)NC(c5cc(-n6c7ccccc7c7cc8ccccc8cc76)cc6oc7cc8ccccc8cc7c56)=N4)c32)cc1. The number of para-hydroxylation sites is 4. The summed E-state index contributed by atoms with van der Waals surface area (Å²) in [5.74, 6) is 1.37. The molecule has 0 fully saturated rings. The van der Waals surface area contributed by atoms with Gasteiger partial charge in [-0.1, -0.05) is 152 Å². The molecule has 11 aromatic carbocycles. The van der Waals surface area contributed by atoms with Crippen molar-refractivity contribution in [2.24, 2.45) is 9.98 Å². The maximum Gasteiger partial charge on any atom is 0.161 e. The van der Waals surface area contributed by atoms with Crippen LogP contribution in [0.4, 0.5) is 0 Å². The fourth-order valence-electron chi connectivity index (χ4n) is 11.7. The van der Waals surface area contributed by atoms with E-state index < -0.39 is 6.17 Å². The number of nitrogens with zero attached hydrogens (tertiary/aromatic N) is 4. The van der Waals surface area contributed by atoms with E-state index in [2.05, 4.69) is 239 Å². The molecular weight excluding hydrogens is 899 g/mol. The van der Waals surface area contributed by atoms with E-state index in [9.17, 15) is 0 Å². The average Bonchev–Trinajstić information content (AvgIpc) is 4.19. The third-order valence-corrected chi connectivity index (χ3v) is 16.1. The second-order valence-electron chi connectivity index (χ2n) is 18.9. The molecule has 0 aliphatic carbocycles. The number of amidine groups is 2. The number of furan rings is 1. The first-order valence-corrected chi connectivity index (χ1v) is 25.2. The minimum Gasteiger partial charge on any atom is -0.456 e. The summed E-state index contributed by atoms with van der Waals surface area (Å²) in [5, 5.41) is 17.9. The maximum atomic E-state index is 7.07. The lowest BCUT2D eigenvalue weighted by Gasteiger charge is -2.25. The molecule has 0 amide bonds. The normalized spacial score (nSPS) is 14.2. The van der Waals surface area contributed by atoms with Crippen LogP contribution >= 0.6 is 11.3 Å². The predicted octanol–water partition coefficient (Wildman–Crippen LogP) is 16.9. The second-order valence-corrected chi connectivity index (χ2v) is 20.0. The number of benzene rings is 11. The van der Waals surface area contributed by atoms with Gasteiger partial charge in [0.25, 0.3) is 0 Å². The van der Waals surface area contributed by atoms with E-state index in [0.29, 0.717) is 5.84 Å². The molecular formula is C65H39N5OS. The van der Waals surface area contributed by atoms with Gasteiger partial charge in [0, 0.05) is 80.9 Å². The van der Waals surface area contributed by atoms with E-state index in [0.717, 1.165) is 94.1 Å². The fraction of sp³-hybridized carbons (Fsp3) is 0.0154. The van der Waals surface area contributed by atoms with Crippen LogP contribution in [0.1, 0.15) is 22.9 Å². The quantitative estimate of drug-likeness (QED) is 0.187. The van der Waals surface area contributed by atoms with Gasteiger partial charge in [-0.05, 0) is 88.3 Å². The summed E-state index contributed by atoms with van der Waals surface area (Å²) in [6, 6.07) is 80.8. The van der Waals surface area contributed by atoms with E-state index >= 15 is 0 Å². The molecule has 72 heavy (non-hydrogen) atoms. The molecule has 1 aliphatic heterocycles.